The van der Waals surface area contributed by atoms with Gasteiger partial charge < -0.3 is 84.8 Å². The van der Waals surface area contributed by atoms with Crippen molar-refractivity contribution >= 4 is 71.3 Å². The number of aliphatic imine (C=N–C) groups is 2. The molecule has 9 atom stereocenters. The Bertz CT molecular complexity index is 3190. The minimum atomic E-state index is -1.39. The second-order valence-corrected chi connectivity index (χ2v) is 29.0. The number of phenolic OH excluding ortho intramolecular Hbond substituents is 1. The van der Waals surface area contributed by atoms with Gasteiger partial charge in [-0.1, -0.05) is 112 Å². The average Bonchev–Trinajstić information content (AvgIpc) is 0.862. The molecule has 4 rings (SSSR count). The molecule has 2 aliphatic rings. The largest absolute Gasteiger partial charge is 0.508 e. The van der Waals surface area contributed by atoms with E-state index in [0.29, 0.717) is 36.5 Å². The number of rotatable bonds is 44. The van der Waals surface area contributed by atoms with E-state index >= 15 is 0 Å². The van der Waals surface area contributed by atoms with Crippen LogP contribution in [0.15, 0.2) is 34.3 Å². The maximum absolute atomic E-state index is 14.6. The Morgan fingerprint density at radius 2 is 1.20 bits per heavy atom. The molecule has 102 heavy (non-hydrogen) atoms. The highest BCUT2D eigenvalue weighted by atomic mass is 16.6. The SMILES string of the molecule is CCC[C@H](NC(=O)[C@H](CCCN=C(N)N)NC(=O)[C@@H]1CCCN1C(=O)[C@H](CCCN=C(N)N)NC(=O)OC(=O)CCC(=O)Oc1c(C)c(C)c2c(c1C)CC[C@@](C)(CCC[C@H](C)CCC[C@H](C)CCCC(C)C)O2)C(=O)N[C@@H](Cc1ccc(O)cc1)C(=O)NCC(=O)N[C@@H](CCC(C)C)C(N)=O. The molecule has 2 aromatic carbocycles. The van der Waals surface area contributed by atoms with Crippen LogP contribution in [-0.4, -0.2) is 149 Å². The quantitative estimate of drug-likeness (QED) is 0.00869. The zero-order valence-electron chi connectivity index (χ0n) is 62.4. The maximum atomic E-state index is 14.6. The normalized spacial score (nSPS) is 16.8. The van der Waals surface area contributed by atoms with Gasteiger partial charge in [0.25, 0.3) is 0 Å². The van der Waals surface area contributed by atoms with Crippen molar-refractivity contribution in [2.24, 2.45) is 62.3 Å². The van der Waals surface area contributed by atoms with Crippen molar-refractivity contribution < 1.29 is 67.3 Å². The van der Waals surface area contributed by atoms with Gasteiger partial charge >= 0.3 is 18.0 Å². The Kier molecular flexibility index (Phi) is 36.4. The van der Waals surface area contributed by atoms with Gasteiger partial charge in [-0.05, 0) is 169 Å². The number of primary amides is 1. The molecule has 0 spiro atoms. The highest BCUT2D eigenvalue weighted by Crippen LogP contribution is 2.45. The van der Waals surface area contributed by atoms with Crippen molar-refractivity contribution in [2.45, 2.75) is 272 Å². The third kappa shape index (κ3) is 30.1. The lowest BCUT2D eigenvalue weighted by molar-refractivity contribution is -0.143. The lowest BCUT2D eigenvalue weighted by atomic mass is 9.83. The van der Waals surface area contributed by atoms with E-state index in [2.05, 4.69) is 76.5 Å². The number of hydrogen-bond donors (Lipinski definition) is 12. The van der Waals surface area contributed by atoms with Crippen LogP contribution in [0.3, 0.4) is 0 Å². The Labute approximate surface area is 602 Å². The topological polar surface area (TPSA) is 449 Å². The predicted octanol–water partition coefficient (Wildman–Crippen LogP) is 6.27. The zero-order chi connectivity index (χ0) is 75.8. The van der Waals surface area contributed by atoms with Crippen LogP contribution in [-0.2, 0) is 60.7 Å². The number of likely N-dealkylation sites (tertiary alicyclic amines) is 1. The first kappa shape index (κ1) is 85.7. The zero-order valence-corrected chi connectivity index (χ0v) is 62.4. The number of esters is 2. The van der Waals surface area contributed by atoms with E-state index in [1.165, 1.54) is 67.7 Å². The van der Waals surface area contributed by atoms with E-state index < -0.39 is 115 Å². The van der Waals surface area contributed by atoms with Crippen molar-refractivity contribution in [1.29, 1.82) is 0 Å². The lowest BCUT2D eigenvalue weighted by Crippen LogP contribution is -2.59. The van der Waals surface area contributed by atoms with Crippen LogP contribution >= 0.6 is 0 Å². The lowest BCUT2D eigenvalue weighted by Gasteiger charge is -2.38. The van der Waals surface area contributed by atoms with Crippen molar-refractivity contribution in [3.8, 4) is 17.2 Å². The van der Waals surface area contributed by atoms with Gasteiger partial charge in [-0.15, -0.1) is 0 Å². The van der Waals surface area contributed by atoms with Crippen LogP contribution in [0.1, 0.15) is 224 Å². The van der Waals surface area contributed by atoms with Crippen LogP contribution in [0.25, 0.3) is 0 Å². The fourth-order valence-electron chi connectivity index (χ4n) is 12.9. The molecule has 1 fully saturated rings. The molecule has 17 N–H and O–H groups in total. The van der Waals surface area contributed by atoms with E-state index in [1.54, 1.807) is 6.92 Å². The van der Waals surface area contributed by atoms with Crippen molar-refractivity contribution in [3.63, 3.8) is 0 Å². The summed E-state index contributed by atoms with van der Waals surface area (Å²) in [5.74, 6) is -4.05. The summed E-state index contributed by atoms with van der Waals surface area (Å²) in [6, 6.07) is -1.69. The summed E-state index contributed by atoms with van der Waals surface area (Å²) in [5.41, 5.74) is 31.3. The molecule has 0 bridgehead atoms. The Morgan fingerprint density at radius 1 is 0.627 bits per heavy atom. The number of phenols is 1. The minimum Gasteiger partial charge on any atom is -0.508 e. The number of nitrogens with zero attached hydrogens (tertiary/aromatic N) is 3. The highest BCUT2D eigenvalue weighted by molar-refractivity contribution is 5.98. The van der Waals surface area contributed by atoms with Gasteiger partial charge in [0.2, 0.25) is 41.4 Å². The summed E-state index contributed by atoms with van der Waals surface area (Å²) in [4.78, 5) is 146. The smallest absolute Gasteiger partial charge is 0.415 e. The molecule has 0 aromatic heterocycles. The molecule has 28 heteroatoms. The predicted molar refractivity (Wildman–Crippen MR) is 391 cm³/mol. The number of fused-ring (bicyclic) bond motifs is 1. The van der Waals surface area contributed by atoms with E-state index in [9.17, 15) is 53.1 Å². The monoisotopic (exact) mass is 1430 g/mol. The standard InChI is InChI=1S/C74H120N14O14/c1-12-19-55(67(95)86-58(42-51-29-31-52(89)32-30-51)66(94)82-43-60(90)83-54(65(75)93)33-28-45(4)5)84-68(96)56(25-16-39-80-71(76)77)85-69(97)59-27-18-41-88(59)70(98)57(26-17-40-81-72(78)79)87-73(99)101-62(92)35-34-61(91)100-63-48(8)49(9)64-53(50(63)10)36-38-74(11,102-64)37-15-24-47(7)23-14-22-46(6)21-13-20-44(2)3/h29-32,44-47,54-59,89H,12-28,33-43H2,1-11H3,(H2,75,93)(H,82,94)(H,83,90)(H,84,96)(H,85,97)(H,86,95)(H,87,99)(H4,76,77,80)(H4,78,79,81)/t46-,47-,54+,55+,56+,57+,58+,59+,74-/m1/s1. The van der Waals surface area contributed by atoms with Gasteiger partial charge in [-0.2, -0.15) is 0 Å². The molecule has 2 aromatic rings. The number of hydrogen-bond acceptors (Lipinski definition) is 16. The molecule has 0 unspecified atom stereocenters. The molecular weight excluding hydrogens is 1310 g/mol. The average molecular weight is 1430 g/mol. The summed E-state index contributed by atoms with van der Waals surface area (Å²) in [7, 11) is 0. The van der Waals surface area contributed by atoms with E-state index in [4.69, 9.17) is 42.9 Å². The van der Waals surface area contributed by atoms with Gasteiger partial charge in [0.15, 0.2) is 11.9 Å². The number of benzene rings is 2. The summed E-state index contributed by atoms with van der Waals surface area (Å²) in [6.07, 6.45) is 11.8. The fourth-order valence-corrected chi connectivity index (χ4v) is 12.9. The van der Waals surface area contributed by atoms with Gasteiger partial charge in [0.1, 0.15) is 59.1 Å². The number of ether oxygens (including phenoxy) is 3. The van der Waals surface area contributed by atoms with Gasteiger partial charge in [0, 0.05) is 31.6 Å². The van der Waals surface area contributed by atoms with E-state index in [-0.39, 0.29) is 100 Å². The molecule has 0 radical (unpaired) electrons. The molecule has 28 nitrogen and oxygen atoms in total. The summed E-state index contributed by atoms with van der Waals surface area (Å²) < 4.78 is 17.8. The number of carbonyl (C=O) groups excluding carboxylic acids is 10. The molecule has 1 saturated heterocycles. The number of nitrogens with one attached hydrogen (secondary N) is 6. The first-order chi connectivity index (χ1) is 48.2. The van der Waals surface area contributed by atoms with Crippen LogP contribution in [0.2, 0.25) is 0 Å². The first-order valence-electron chi connectivity index (χ1n) is 36.7. The van der Waals surface area contributed by atoms with Crippen LogP contribution < -0.4 is 70.0 Å². The molecular formula is C74H120N14O14. The second-order valence-electron chi connectivity index (χ2n) is 29.0. The van der Waals surface area contributed by atoms with Gasteiger partial charge in [0.05, 0.1) is 19.4 Å². The summed E-state index contributed by atoms with van der Waals surface area (Å²) in [6.45, 7) is 22.4. The summed E-state index contributed by atoms with van der Waals surface area (Å²) in [5, 5.41) is 25.6. The summed E-state index contributed by atoms with van der Waals surface area (Å²) >= 11 is 0. The second kappa shape index (κ2) is 43.3. The van der Waals surface area contributed by atoms with E-state index in [1.807, 2.05) is 34.6 Å². The number of carbonyl (C=O) groups is 10. The minimum absolute atomic E-state index is 0.0402. The third-order valence-electron chi connectivity index (χ3n) is 19.1. The van der Waals surface area contributed by atoms with Crippen LogP contribution in [0.5, 0.6) is 17.2 Å². The number of nitrogens with two attached hydrogens (primary N) is 5. The van der Waals surface area contributed by atoms with Crippen LogP contribution in [0.4, 0.5) is 4.79 Å². The van der Waals surface area contributed by atoms with Gasteiger partial charge in [-0.3, -0.25) is 53.1 Å². The number of aromatic hydroxyl groups is 1. The Balaban J connectivity index is 1.42. The fraction of sp³-hybridized carbons (Fsp3) is 0.676. The third-order valence-corrected chi connectivity index (χ3v) is 19.1. The first-order valence-corrected chi connectivity index (χ1v) is 36.7. The van der Waals surface area contributed by atoms with E-state index in [0.717, 1.165) is 71.9 Å². The molecule has 570 valence electrons. The van der Waals surface area contributed by atoms with Crippen molar-refractivity contribution in [2.75, 3.05) is 26.2 Å². The molecule has 2 aliphatic heterocycles. The molecule has 2 heterocycles. The highest BCUT2D eigenvalue weighted by Gasteiger charge is 2.41. The van der Waals surface area contributed by atoms with Crippen LogP contribution in [0, 0.1) is 44.4 Å². The molecule has 0 saturated carbocycles. The number of alkyl carbamates (subject to hydrolysis) is 1. The van der Waals surface area contributed by atoms with Gasteiger partial charge in [-0.25, -0.2) is 4.79 Å². The van der Waals surface area contributed by atoms with Crippen molar-refractivity contribution in [1.82, 2.24) is 36.8 Å². The van der Waals surface area contributed by atoms with Crippen molar-refractivity contribution in [3.05, 3.63) is 52.1 Å². The maximum Gasteiger partial charge on any atom is 0.415 e. The molecule has 8 amide bonds. The Morgan fingerprint density at radius 3 is 1.78 bits per heavy atom. The Hall–Kier alpha value is -8.72. The number of amides is 8. The molecule has 0 aliphatic carbocycles. The number of guanidine groups is 2.